The molecule has 2 aromatic rings. The third kappa shape index (κ3) is 8.14. The fourth-order valence-electron chi connectivity index (χ4n) is 4.51. The number of guanidine groups is 1. The van der Waals surface area contributed by atoms with E-state index in [9.17, 15) is 19.2 Å². The van der Waals surface area contributed by atoms with Gasteiger partial charge in [0.25, 0.3) is 0 Å². The Labute approximate surface area is 227 Å². The summed E-state index contributed by atoms with van der Waals surface area (Å²) in [5, 5.41) is 10.3. The molecule has 1 aliphatic rings. The summed E-state index contributed by atoms with van der Waals surface area (Å²) in [5.41, 5.74) is 17.1. The molecule has 12 heteroatoms. The summed E-state index contributed by atoms with van der Waals surface area (Å²) in [6, 6.07) is 10.0. The van der Waals surface area contributed by atoms with Gasteiger partial charge in [-0.25, -0.2) is 0 Å². The number of fused-ring (bicyclic) bond motifs is 1. The largest absolute Gasteiger partial charge is 0.370 e. The highest BCUT2D eigenvalue weighted by Gasteiger charge is 2.36. The fraction of sp³-hybridized carbons (Fsp3) is 0.444. The quantitative estimate of drug-likeness (QED) is 0.133. The number of hydrogen-bond acceptors (Lipinski definition) is 6. The summed E-state index contributed by atoms with van der Waals surface area (Å²) in [6.07, 6.45) is 1.86. The van der Waals surface area contributed by atoms with Gasteiger partial charge in [0.2, 0.25) is 23.6 Å². The van der Waals surface area contributed by atoms with Crippen LogP contribution in [0.2, 0.25) is 0 Å². The van der Waals surface area contributed by atoms with Crippen LogP contribution in [0.3, 0.4) is 0 Å². The van der Waals surface area contributed by atoms with Gasteiger partial charge in [-0.3, -0.25) is 24.2 Å². The van der Waals surface area contributed by atoms with Crippen LogP contribution in [0.5, 0.6) is 0 Å². The first-order chi connectivity index (χ1) is 18.6. The first-order valence-corrected chi connectivity index (χ1v) is 13.1. The molecule has 0 bridgehead atoms. The van der Waals surface area contributed by atoms with E-state index in [1.807, 2.05) is 36.4 Å². The molecule has 210 valence electrons. The first kappa shape index (κ1) is 29.4. The summed E-state index contributed by atoms with van der Waals surface area (Å²) >= 11 is 0. The van der Waals surface area contributed by atoms with Crippen molar-refractivity contribution in [3.05, 3.63) is 42.5 Å². The van der Waals surface area contributed by atoms with Crippen LogP contribution in [0, 0.1) is 0 Å². The van der Waals surface area contributed by atoms with Crippen LogP contribution in [0.1, 0.15) is 39.5 Å². The van der Waals surface area contributed by atoms with Crippen molar-refractivity contribution >= 4 is 46.0 Å². The zero-order chi connectivity index (χ0) is 28.5. The van der Waals surface area contributed by atoms with E-state index in [1.165, 1.54) is 11.8 Å². The minimum Gasteiger partial charge on any atom is -0.370 e. The van der Waals surface area contributed by atoms with E-state index in [4.69, 9.17) is 17.2 Å². The van der Waals surface area contributed by atoms with Gasteiger partial charge in [-0.05, 0) is 62.4 Å². The van der Waals surface area contributed by atoms with E-state index < -0.39 is 41.9 Å². The average Bonchev–Trinajstić information content (AvgIpc) is 3.39. The molecule has 12 nitrogen and oxygen atoms in total. The molecule has 4 atom stereocenters. The first-order valence-electron chi connectivity index (χ1n) is 13.1. The lowest BCUT2D eigenvalue weighted by atomic mass is 10.1. The van der Waals surface area contributed by atoms with Crippen molar-refractivity contribution in [1.82, 2.24) is 15.5 Å². The molecule has 4 amide bonds. The lowest BCUT2D eigenvalue weighted by Gasteiger charge is -2.27. The number of nitrogens with one attached hydrogen (secondary N) is 3. The predicted molar refractivity (Wildman–Crippen MR) is 150 cm³/mol. The molecule has 0 spiro atoms. The van der Waals surface area contributed by atoms with Gasteiger partial charge < -0.3 is 38.1 Å². The van der Waals surface area contributed by atoms with E-state index in [2.05, 4.69) is 20.9 Å². The number of rotatable bonds is 11. The number of anilines is 1. The molecular weight excluding hydrogens is 500 g/mol. The Morgan fingerprint density at radius 3 is 2.44 bits per heavy atom. The zero-order valence-electron chi connectivity index (χ0n) is 22.4. The highest BCUT2D eigenvalue weighted by Crippen LogP contribution is 2.20. The summed E-state index contributed by atoms with van der Waals surface area (Å²) in [5.74, 6) is -1.75. The maximum absolute atomic E-state index is 13.2. The van der Waals surface area contributed by atoms with E-state index in [1.54, 1.807) is 13.0 Å². The maximum atomic E-state index is 13.2. The van der Waals surface area contributed by atoms with Gasteiger partial charge >= 0.3 is 0 Å². The molecule has 0 radical (unpaired) electrons. The zero-order valence-corrected chi connectivity index (χ0v) is 22.4. The van der Waals surface area contributed by atoms with Gasteiger partial charge in [0.05, 0.1) is 6.04 Å². The third-order valence-corrected chi connectivity index (χ3v) is 6.58. The minimum absolute atomic E-state index is 0.0593. The maximum Gasteiger partial charge on any atom is 0.246 e. The summed E-state index contributed by atoms with van der Waals surface area (Å²) < 4.78 is 0. The van der Waals surface area contributed by atoms with Crippen molar-refractivity contribution in [2.45, 2.75) is 63.7 Å². The van der Waals surface area contributed by atoms with Crippen LogP contribution in [0.4, 0.5) is 5.69 Å². The second kappa shape index (κ2) is 13.6. The van der Waals surface area contributed by atoms with Gasteiger partial charge in [-0.2, -0.15) is 0 Å². The Hall–Kier alpha value is -4.19. The molecule has 1 fully saturated rings. The SMILES string of the molecule is C[C@H](N)C(=O)N1CCC[C@H]1C(=O)N[C@@H](C)C(=O)N[C@@H](CCCN=C(N)N)C(=O)Nc1ccc2ccccc2c1. The lowest BCUT2D eigenvalue weighted by molar-refractivity contribution is -0.140. The number of carbonyl (C=O) groups excluding carboxylic acids is 4. The molecule has 0 aromatic heterocycles. The van der Waals surface area contributed by atoms with Crippen LogP contribution < -0.4 is 33.2 Å². The topological polar surface area (TPSA) is 198 Å². The number of carbonyl (C=O) groups is 4. The molecule has 39 heavy (non-hydrogen) atoms. The Bertz CT molecular complexity index is 1230. The van der Waals surface area contributed by atoms with E-state index >= 15 is 0 Å². The van der Waals surface area contributed by atoms with Crippen LogP contribution in [-0.4, -0.2) is 71.7 Å². The lowest BCUT2D eigenvalue weighted by Crippen LogP contribution is -2.55. The molecule has 0 unspecified atom stereocenters. The summed E-state index contributed by atoms with van der Waals surface area (Å²) in [4.78, 5) is 56.9. The number of amides is 4. The average molecular weight is 539 g/mol. The monoisotopic (exact) mass is 538 g/mol. The molecule has 1 aliphatic heterocycles. The standard InChI is InChI=1S/C27H38N8O4/c1-16(28)26(39)35-14-6-10-22(35)25(38)32-17(2)23(36)34-21(9-5-13-31-27(29)30)24(37)33-20-12-11-18-7-3-4-8-19(18)15-20/h3-4,7-8,11-12,15-17,21-22H,5-6,9-10,13-14,28H2,1-2H3,(H,32,38)(H,33,37)(H,34,36)(H4,29,30,31)/t16-,17-,21-,22-/m0/s1. The van der Waals surface area contributed by atoms with E-state index in [0.717, 1.165) is 10.8 Å². The van der Waals surface area contributed by atoms with Crippen molar-refractivity contribution in [1.29, 1.82) is 0 Å². The van der Waals surface area contributed by atoms with Gasteiger partial charge in [0.15, 0.2) is 5.96 Å². The van der Waals surface area contributed by atoms with E-state index in [-0.39, 0.29) is 24.8 Å². The Balaban J connectivity index is 1.65. The van der Waals surface area contributed by atoms with Crippen molar-refractivity contribution in [2.24, 2.45) is 22.2 Å². The van der Waals surface area contributed by atoms with Crippen LogP contribution in [-0.2, 0) is 19.2 Å². The van der Waals surface area contributed by atoms with Crippen molar-refractivity contribution in [2.75, 3.05) is 18.4 Å². The number of nitrogens with zero attached hydrogens (tertiary/aromatic N) is 2. The van der Waals surface area contributed by atoms with Crippen molar-refractivity contribution < 1.29 is 19.2 Å². The molecule has 0 aliphatic carbocycles. The number of likely N-dealkylation sites (tertiary alicyclic amines) is 1. The highest BCUT2D eigenvalue weighted by atomic mass is 16.2. The summed E-state index contributed by atoms with van der Waals surface area (Å²) in [7, 11) is 0. The number of nitrogens with two attached hydrogens (primary N) is 3. The van der Waals surface area contributed by atoms with Crippen LogP contribution in [0.25, 0.3) is 10.8 Å². The molecule has 3 rings (SSSR count). The Morgan fingerprint density at radius 2 is 1.74 bits per heavy atom. The minimum atomic E-state index is -0.945. The molecule has 0 saturated carbocycles. The smallest absolute Gasteiger partial charge is 0.246 e. The normalized spacial score (nSPS) is 17.1. The van der Waals surface area contributed by atoms with Gasteiger partial charge in [-0.1, -0.05) is 30.3 Å². The molecular formula is C27H38N8O4. The van der Waals surface area contributed by atoms with Crippen molar-refractivity contribution in [3.8, 4) is 0 Å². The molecule has 1 saturated heterocycles. The second-order valence-corrected chi connectivity index (χ2v) is 9.77. The Kier molecular flexibility index (Phi) is 10.2. The molecule has 1 heterocycles. The van der Waals surface area contributed by atoms with E-state index in [0.29, 0.717) is 31.5 Å². The molecule has 2 aromatic carbocycles. The number of benzene rings is 2. The number of hydrogen-bond donors (Lipinski definition) is 6. The highest BCUT2D eigenvalue weighted by molar-refractivity contribution is 6.00. The second-order valence-electron chi connectivity index (χ2n) is 9.77. The number of aliphatic imine (C=N–C) groups is 1. The van der Waals surface area contributed by atoms with Crippen LogP contribution in [0.15, 0.2) is 47.5 Å². The van der Waals surface area contributed by atoms with Crippen LogP contribution >= 0.6 is 0 Å². The van der Waals surface area contributed by atoms with Crippen molar-refractivity contribution in [3.63, 3.8) is 0 Å². The predicted octanol–water partition coefficient (Wildman–Crippen LogP) is 0.160. The summed E-state index contributed by atoms with van der Waals surface area (Å²) in [6.45, 7) is 3.82. The van der Waals surface area contributed by atoms with Gasteiger partial charge in [0.1, 0.15) is 18.1 Å². The van der Waals surface area contributed by atoms with Gasteiger partial charge in [0, 0.05) is 18.8 Å². The third-order valence-electron chi connectivity index (χ3n) is 6.58. The Morgan fingerprint density at radius 1 is 1.03 bits per heavy atom. The van der Waals surface area contributed by atoms with Gasteiger partial charge in [-0.15, -0.1) is 0 Å². The molecule has 9 N–H and O–H groups in total. The fourth-order valence-corrected chi connectivity index (χ4v) is 4.51.